The number of aryl methyl sites for hydroxylation is 1. The molecule has 13 nitrogen and oxygen atoms in total. The number of ether oxygens (including phenoxy) is 4. The molecule has 6 rings (SSSR count). The first-order valence-electron chi connectivity index (χ1n) is 19.9. The number of methoxy groups -OCH3 is 2. The maximum absolute atomic E-state index is 14.3. The number of carbonyl (C=O) groups is 3. The van der Waals surface area contributed by atoms with Gasteiger partial charge in [-0.25, -0.2) is 10.2 Å². The van der Waals surface area contributed by atoms with Crippen LogP contribution in [-0.4, -0.2) is 108 Å². The summed E-state index contributed by atoms with van der Waals surface area (Å²) in [5.41, 5.74) is 9.34. The monoisotopic (exact) mass is 772 g/mol. The van der Waals surface area contributed by atoms with Crippen LogP contribution in [0, 0.1) is 5.41 Å². The summed E-state index contributed by atoms with van der Waals surface area (Å²) in [4.78, 5) is 48.3. The number of pyridine rings is 1. The van der Waals surface area contributed by atoms with Gasteiger partial charge in [-0.05, 0) is 101 Å². The van der Waals surface area contributed by atoms with Gasteiger partial charge in [0, 0.05) is 74.5 Å². The number of hydrogen-bond acceptors (Lipinski definition) is 10. The number of amides is 2. The van der Waals surface area contributed by atoms with Crippen molar-refractivity contribution in [3.05, 3.63) is 59.4 Å². The van der Waals surface area contributed by atoms with Crippen molar-refractivity contribution in [2.45, 2.75) is 111 Å². The van der Waals surface area contributed by atoms with Crippen molar-refractivity contribution in [1.29, 1.82) is 0 Å². The van der Waals surface area contributed by atoms with Gasteiger partial charge < -0.3 is 28.8 Å². The first-order chi connectivity index (χ1) is 26.6. The van der Waals surface area contributed by atoms with E-state index >= 15 is 0 Å². The fraction of sp³-hybridized carbons (Fsp3) is 0.581. The fourth-order valence-electron chi connectivity index (χ4n) is 8.19. The van der Waals surface area contributed by atoms with Crippen molar-refractivity contribution in [3.63, 3.8) is 0 Å². The Balaban J connectivity index is 1.50. The summed E-state index contributed by atoms with van der Waals surface area (Å²) in [6.45, 7) is 16.2. The number of carbonyl (C=O) groups excluding carboxylic acids is 3. The second-order valence-electron chi connectivity index (χ2n) is 17.1. The average Bonchev–Trinajstić information content (AvgIpc) is 3.47. The Labute approximate surface area is 331 Å². The van der Waals surface area contributed by atoms with Gasteiger partial charge in [0.05, 0.1) is 30.7 Å². The Morgan fingerprint density at radius 3 is 2.68 bits per heavy atom. The molecule has 1 unspecified atom stereocenters. The summed E-state index contributed by atoms with van der Waals surface area (Å²) in [5, 5.41) is 5.46. The molecule has 5 heterocycles. The van der Waals surface area contributed by atoms with Crippen LogP contribution in [-0.2, 0) is 41.5 Å². The molecule has 2 N–H and O–H groups in total. The molecule has 0 spiro atoms. The summed E-state index contributed by atoms with van der Waals surface area (Å²) in [6, 6.07) is 9.02. The summed E-state index contributed by atoms with van der Waals surface area (Å²) in [6.07, 6.45) is 5.60. The van der Waals surface area contributed by atoms with Crippen LogP contribution in [0.3, 0.4) is 0 Å². The average molecular weight is 773 g/mol. The molecule has 0 saturated carbocycles. The minimum Gasteiger partial charge on any atom is -0.464 e. The van der Waals surface area contributed by atoms with Crippen LogP contribution >= 0.6 is 0 Å². The number of hydrazine groups is 1. The van der Waals surface area contributed by atoms with E-state index in [2.05, 4.69) is 71.3 Å². The molecule has 13 heteroatoms. The summed E-state index contributed by atoms with van der Waals surface area (Å²) in [7, 11) is 3.38. The number of cyclic esters (lactones) is 1. The smallest absolute Gasteiger partial charge is 0.408 e. The van der Waals surface area contributed by atoms with Crippen molar-refractivity contribution in [1.82, 2.24) is 30.2 Å². The molecular formula is C43H60N6O7. The van der Waals surface area contributed by atoms with Gasteiger partial charge in [-0.2, -0.15) is 0 Å². The Morgan fingerprint density at radius 2 is 1.96 bits per heavy atom. The lowest BCUT2D eigenvalue weighted by Crippen LogP contribution is -2.63. The van der Waals surface area contributed by atoms with E-state index in [1.165, 1.54) is 5.01 Å². The standard InChI is InChI=1S/C43H60N6O7/c1-10-48-36-18-16-28-21-32(36)33(38(48)31-13-11-19-44-37(31)27(2)54-9)22-43(6,7)26-55-40(51)34-14-12-20-49(46-34)39(50)35(45-41(52)56-42(3,4)5)24-47-23-29(28)15-17-30(47)25-53-8/h11,13,15-16,18-19,21,27,30,34-35,46H,10,12,14,17,20,22-26H2,1-9H3,(H,45,52)/t27-,30+,34-,35-/m0/s1. The van der Waals surface area contributed by atoms with Gasteiger partial charge in [0.15, 0.2) is 0 Å². The van der Waals surface area contributed by atoms with Gasteiger partial charge in [0.2, 0.25) is 0 Å². The number of esters is 1. The highest BCUT2D eigenvalue weighted by Gasteiger charge is 2.38. The van der Waals surface area contributed by atoms with E-state index in [0.29, 0.717) is 45.4 Å². The minimum absolute atomic E-state index is 0.0400. The molecule has 2 aromatic heterocycles. The third-order valence-corrected chi connectivity index (χ3v) is 11.0. The first-order valence-corrected chi connectivity index (χ1v) is 19.9. The van der Waals surface area contributed by atoms with Gasteiger partial charge in [0.25, 0.3) is 5.91 Å². The summed E-state index contributed by atoms with van der Waals surface area (Å²) in [5.74, 6) is -0.764. The van der Waals surface area contributed by atoms with Crippen LogP contribution in [0.2, 0.25) is 0 Å². The Kier molecular flexibility index (Phi) is 12.6. The van der Waals surface area contributed by atoms with E-state index in [-0.39, 0.29) is 31.2 Å². The Hall–Kier alpha value is -4.30. The molecule has 56 heavy (non-hydrogen) atoms. The van der Waals surface area contributed by atoms with Gasteiger partial charge in [-0.3, -0.25) is 24.5 Å². The van der Waals surface area contributed by atoms with Crippen LogP contribution in [0.15, 0.2) is 42.6 Å². The topological polar surface area (TPSA) is 136 Å². The molecule has 0 aliphatic carbocycles. The van der Waals surface area contributed by atoms with Gasteiger partial charge in [-0.1, -0.05) is 26.0 Å². The van der Waals surface area contributed by atoms with Crippen LogP contribution < -0.4 is 10.7 Å². The number of alkyl carbamates (subject to hydrolysis) is 1. The minimum atomic E-state index is -0.970. The van der Waals surface area contributed by atoms with E-state index in [1.54, 1.807) is 35.0 Å². The number of fused-ring (bicyclic) bond motifs is 6. The highest BCUT2D eigenvalue weighted by atomic mass is 16.6. The molecule has 1 aromatic carbocycles. The van der Waals surface area contributed by atoms with Crippen LogP contribution in [0.5, 0.6) is 0 Å². The predicted octanol–water partition coefficient (Wildman–Crippen LogP) is 6.05. The Morgan fingerprint density at radius 1 is 1.18 bits per heavy atom. The normalized spacial score (nSPS) is 23.9. The van der Waals surface area contributed by atoms with Crippen LogP contribution in [0.4, 0.5) is 4.79 Å². The van der Waals surface area contributed by atoms with Crippen molar-refractivity contribution in [3.8, 4) is 11.3 Å². The van der Waals surface area contributed by atoms with E-state index in [0.717, 1.165) is 51.1 Å². The third kappa shape index (κ3) is 9.12. The van der Waals surface area contributed by atoms with Crippen molar-refractivity contribution in [2.75, 3.05) is 47.1 Å². The zero-order valence-corrected chi connectivity index (χ0v) is 34.6. The van der Waals surface area contributed by atoms with Crippen molar-refractivity contribution in [2.24, 2.45) is 5.41 Å². The fourth-order valence-corrected chi connectivity index (χ4v) is 8.19. The predicted molar refractivity (Wildman–Crippen MR) is 216 cm³/mol. The lowest BCUT2D eigenvalue weighted by Gasteiger charge is -2.40. The molecule has 3 aliphatic heterocycles. The van der Waals surface area contributed by atoms with Crippen LogP contribution in [0.25, 0.3) is 27.7 Å². The van der Waals surface area contributed by atoms with Crippen molar-refractivity contribution >= 4 is 34.4 Å². The zero-order chi connectivity index (χ0) is 40.4. The van der Waals surface area contributed by atoms with Gasteiger partial charge in [-0.15, -0.1) is 0 Å². The maximum atomic E-state index is 14.3. The maximum Gasteiger partial charge on any atom is 0.408 e. The molecule has 1 saturated heterocycles. The molecule has 304 valence electrons. The second kappa shape index (κ2) is 17.1. The summed E-state index contributed by atoms with van der Waals surface area (Å²) >= 11 is 0. The molecule has 5 atom stereocenters. The first kappa shape index (κ1) is 41.3. The highest BCUT2D eigenvalue weighted by Crippen LogP contribution is 2.42. The number of rotatable bonds is 7. The quantitative estimate of drug-likeness (QED) is 0.274. The Bertz CT molecular complexity index is 1950. The van der Waals surface area contributed by atoms with E-state index in [4.69, 9.17) is 23.9 Å². The van der Waals surface area contributed by atoms with E-state index < -0.39 is 35.2 Å². The number of benzene rings is 1. The zero-order valence-electron chi connectivity index (χ0n) is 34.6. The molecule has 0 radical (unpaired) electrons. The molecule has 1 fully saturated rings. The SMILES string of the molecule is CCn1c(-c2cccnc2[C@H](C)OC)c2c3cc(ccc31)C1=CC[C@H](COC)N(C1)C[C@H](NC(=O)OC(C)(C)C)C(=O)N1CCC[C@H](N1)C(=O)OCC(C)(C)C2. The van der Waals surface area contributed by atoms with Gasteiger partial charge >= 0.3 is 12.1 Å². The second-order valence-corrected chi connectivity index (χ2v) is 17.1. The number of hydrogen-bond donors (Lipinski definition) is 2. The summed E-state index contributed by atoms with van der Waals surface area (Å²) < 4.78 is 25.5. The lowest BCUT2D eigenvalue weighted by atomic mass is 9.84. The number of aromatic nitrogens is 2. The van der Waals surface area contributed by atoms with E-state index in [9.17, 15) is 14.4 Å². The molecule has 3 aromatic rings. The van der Waals surface area contributed by atoms with Crippen LogP contribution in [0.1, 0.15) is 90.7 Å². The molecular weight excluding hydrogens is 713 g/mol. The molecule has 2 amide bonds. The lowest BCUT2D eigenvalue weighted by molar-refractivity contribution is -0.155. The number of nitrogens with one attached hydrogen (secondary N) is 2. The highest BCUT2D eigenvalue weighted by molar-refractivity contribution is 5.95. The van der Waals surface area contributed by atoms with Gasteiger partial charge in [0.1, 0.15) is 17.7 Å². The largest absolute Gasteiger partial charge is 0.464 e. The number of nitrogens with zero attached hydrogens (tertiary/aromatic N) is 4. The van der Waals surface area contributed by atoms with E-state index in [1.807, 2.05) is 19.2 Å². The van der Waals surface area contributed by atoms with Crippen molar-refractivity contribution < 1.29 is 33.3 Å². The third-order valence-electron chi connectivity index (χ3n) is 11.0. The molecule has 6 bridgehead atoms. The molecule has 3 aliphatic rings.